The molecule has 0 spiro atoms. The summed E-state index contributed by atoms with van der Waals surface area (Å²) in [5.74, 6) is 1.37. The first-order valence-electron chi connectivity index (χ1n) is 10.2. The van der Waals surface area contributed by atoms with Crippen molar-refractivity contribution in [1.29, 1.82) is 0 Å². The fourth-order valence-corrected chi connectivity index (χ4v) is 3.53. The lowest BCUT2D eigenvalue weighted by Crippen LogP contribution is -2.53. The van der Waals surface area contributed by atoms with Gasteiger partial charge in [0, 0.05) is 65.0 Å². The lowest BCUT2D eigenvalue weighted by atomic mass is 10.1. The van der Waals surface area contributed by atoms with Crippen LogP contribution in [0.5, 0.6) is 0 Å². The fraction of sp³-hybridized carbons (Fsp3) is 0.619. The van der Waals surface area contributed by atoms with Crippen LogP contribution in [0.3, 0.4) is 0 Å². The van der Waals surface area contributed by atoms with Crippen molar-refractivity contribution < 1.29 is 9.53 Å². The van der Waals surface area contributed by atoms with Crippen molar-refractivity contribution in [3.05, 3.63) is 29.8 Å². The third-order valence-corrected chi connectivity index (χ3v) is 5.38. The number of anilines is 1. The minimum absolute atomic E-state index is 0. The third kappa shape index (κ3) is 7.02. The van der Waals surface area contributed by atoms with Crippen LogP contribution in [0.15, 0.2) is 29.3 Å². The van der Waals surface area contributed by atoms with Gasteiger partial charge in [-0.15, -0.1) is 24.0 Å². The van der Waals surface area contributed by atoms with Crippen LogP contribution < -0.4 is 10.2 Å². The number of nitrogens with one attached hydrogen (secondary N) is 1. The topological polar surface area (TPSA) is 60.4 Å². The highest BCUT2D eigenvalue weighted by atomic mass is 127. The fourth-order valence-electron chi connectivity index (χ4n) is 3.53. The number of halogens is 1. The molecule has 1 aromatic carbocycles. The van der Waals surface area contributed by atoms with Crippen LogP contribution in [0.25, 0.3) is 0 Å². The van der Waals surface area contributed by atoms with E-state index in [0.717, 1.165) is 58.3 Å². The Balaban J connectivity index is 0.00000300. The van der Waals surface area contributed by atoms with Gasteiger partial charge in [-0.05, 0) is 31.0 Å². The van der Waals surface area contributed by atoms with Crippen LogP contribution in [0.2, 0.25) is 0 Å². The molecule has 1 N–H and O–H groups in total. The molecule has 2 aliphatic heterocycles. The Kier molecular flexibility index (Phi) is 9.48. The zero-order chi connectivity index (χ0) is 19.9. The Morgan fingerprint density at radius 1 is 1.28 bits per heavy atom. The molecular weight excluding hydrogens is 481 g/mol. The van der Waals surface area contributed by atoms with Gasteiger partial charge in [0.2, 0.25) is 5.91 Å². The van der Waals surface area contributed by atoms with E-state index in [1.54, 1.807) is 19.0 Å². The first kappa shape index (κ1) is 23.7. The van der Waals surface area contributed by atoms with Gasteiger partial charge in [0.15, 0.2) is 5.96 Å². The van der Waals surface area contributed by atoms with E-state index in [9.17, 15) is 4.79 Å². The lowest BCUT2D eigenvalue weighted by molar-refractivity contribution is -0.127. The standard InChI is InChI=1S/C21H33N5O2.HI/c1-17-5-4-6-19(13-17)25-8-10-26(11-9-25)21(23-15-20(27)24(2)3)22-14-18-7-12-28-16-18;/h4-6,13,18H,7-12,14-16H2,1-3H3,(H,22,23);1H. The lowest BCUT2D eigenvalue weighted by Gasteiger charge is -2.38. The number of carbonyl (C=O) groups is 1. The molecule has 2 aliphatic rings. The molecule has 7 nitrogen and oxygen atoms in total. The van der Waals surface area contributed by atoms with Gasteiger partial charge in [-0.3, -0.25) is 4.79 Å². The molecule has 0 bridgehead atoms. The van der Waals surface area contributed by atoms with Gasteiger partial charge in [-0.2, -0.15) is 0 Å². The van der Waals surface area contributed by atoms with E-state index in [2.05, 4.69) is 51.3 Å². The van der Waals surface area contributed by atoms with Gasteiger partial charge >= 0.3 is 0 Å². The first-order valence-corrected chi connectivity index (χ1v) is 10.2. The molecule has 1 aromatic rings. The zero-order valence-corrected chi connectivity index (χ0v) is 20.1. The molecule has 8 heteroatoms. The number of carbonyl (C=O) groups excluding carboxylic acids is 1. The summed E-state index contributed by atoms with van der Waals surface area (Å²) >= 11 is 0. The van der Waals surface area contributed by atoms with Gasteiger partial charge in [0.25, 0.3) is 0 Å². The average molecular weight is 515 g/mol. The van der Waals surface area contributed by atoms with E-state index < -0.39 is 0 Å². The number of amides is 1. The second kappa shape index (κ2) is 11.6. The van der Waals surface area contributed by atoms with Gasteiger partial charge in [-0.1, -0.05) is 12.1 Å². The first-order chi connectivity index (χ1) is 13.5. The average Bonchev–Trinajstić information content (AvgIpc) is 3.21. The highest BCUT2D eigenvalue weighted by molar-refractivity contribution is 14.0. The Labute approximate surface area is 191 Å². The molecule has 0 radical (unpaired) electrons. The molecule has 1 amide bonds. The summed E-state index contributed by atoms with van der Waals surface area (Å²) in [4.78, 5) is 22.9. The quantitative estimate of drug-likeness (QED) is 0.369. The molecule has 2 heterocycles. The molecule has 3 rings (SSSR count). The maximum Gasteiger partial charge on any atom is 0.243 e. The maximum atomic E-state index is 12.0. The van der Waals surface area contributed by atoms with Crippen molar-refractivity contribution >= 4 is 41.5 Å². The molecular formula is C21H34IN5O2. The van der Waals surface area contributed by atoms with Crippen LogP contribution >= 0.6 is 24.0 Å². The van der Waals surface area contributed by atoms with E-state index in [4.69, 9.17) is 4.74 Å². The van der Waals surface area contributed by atoms with E-state index >= 15 is 0 Å². The molecule has 0 aliphatic carbocycles. The Morgan fingerprint density at radius 3 is 2.66 bits per heavy atom. The maximum absolute atomic E-state index is 12.0. The van der Waals surface area contributed by atoms with Gasteiger partial charge in [-0.25, -0.2) is 4.99 Å². The number of aliphatic imine (C=N–C) groups is 1. The molecule has 0 saturated carbocycles. The summed E-state index contributed by atoms with van der Waals surface area (Å²) in [5.41, 5.74) is 2.56. The molecule has 1 atom stereocenters. The van der Waals surface area contributed by atoms with Crippen LogP contribution in [0, 0.1) is 12.8 Å². The Morgan fingerprint density at radius 2 is 2.03 bits per heavy atom. The predicted molar refractivity (Wildman–Crippen MR) is 128 cm³/mol. The number of ether oxygens (including phenoxy) is 1. The van der Waals surface area contributed by atoms with Crippen molar-refractivity contribution in [2.45, 2.75) is 13.3 Å². The van der Waals surface area contributed by atoms with Gasteiger partial charge < -0.3 is 24.8 Å². The molecule has 1 unspecified atom stereocenters. The third-order valence-electron chi connectivity index (χ3n) is 5.38. The summed E-state index contributed by atoms with van der Waals surface area (Å²) in [6, 6.07) is 8.65. The number of hydrogen-bond donors (Lipinski definition) is 1. The smallest absolute Gasteiger partial charge is 0.243 e. The highest BCUT2D eigenvalue weighted by Crippen LogP contribution is 2.18. The number of benzene rings is 1. The van der Waals surface area contributed by atoms with Crippen LogP contribution in [-0.2, 0) is 9.53 Å². The zero-order valence-electron chi connectivity index (χ0n) is 17.8. The number of guanidine groups is 1. The minimum atomic E-state index is 0. The summed E-state index contributed by atoms with van der Waals surface area (Å²) in [6.45, 7) is 8.45. The van der Waals surface area contributed by atoms with Gasteiger partial charge in [0.1, 0.15) is 6.54 Å². The number of aryl methyl sites for hydroxylation is 1. The monoisotopic (exact) mass is 515 g/mol. The van der Waals surface area contributed by atoms with Crippen molar-refractivity contribution in [1.82, 2.24) is 15.1 Å². The number of rotatable bonds is 5. The predicted octanol–water partition coefficient (Wildman–Crippen LogP) is 1.81. The van der Waals surface area contributed by atoms with Crippen molar-refractivity contribution in [3.63, 3.8) is 0 Å². The second-order valence-corrected chi connectivity index (χ2v) is 7.85. The van der Waals surface area contributed by atoms with E-state index in [1.807, 2.05) is 0 Å². The summed E-state index contributed by atoms with van der Waals surface area (Å²) in [5, 5.41) is 3.50. The minimum Gasteiger partial charge on any atom is -0.381 e. The van der Waals surface area contributed by atoms with Crippen molar-refractivity contribution in [2.24, 2.45) is 10.9 Å². The molecule has 0 aromatic heterocycles. The highest BCUT2D eigenvalue weighted by Gasteiger charge is 2.22. The number of likely N-dealkylation sites (N-methyl/N-ethyl adjacent to an activating group) is 1. The molecule has 2 fully saturated rings. The Bertz CT molecular complexity index is 683. The summed E-state index contributed by atoms with van der Waals surface area (Å²) in [6.07, 6.45) is 1.08. The molecule has 162 valence electrons. The molecule has 2 saturated heterocycles. The number of hydrogen-bond acceptors (Lipinski definition) is 4. The molecule has 29 heavy (non-hydrogen) atoms. The largest absolute Gasteiger partial charge is 0.381 e. The Hall–Kier alpha value is -1.55. The normalized spacial score (nSPS) is 19.7. The van der Waals surface area contributed by atoms with Crippen molar-refractivity contribution in [2.75, 3.05) is 71.5 Å². The van der Waals surface area contributed by atoms with Crippen LogP contribution in [0.1, 0.15) is 12.0 Å². The summed E-state index contributed by atoms with van der Waals surface area (Å²) in [7, 11) is 3.53. The van der Waals surface area contributed by atoms with E-state index in [1.165, 1.54) is 11.3 Å². The van der Waals surface area contributed by atoms with Crippen LogP contribution in [0.4, 0.5) is 5.69 Å². The SMILES string of the molecule is Cc1cccc(N2CCN(C(=NCC(=O)N(C)C)NCC3CCOC3)CC2)c1.I. The number of piperazine rings is 1. The number of nitrogens with zero attached hydrogens (tertiary/aromatic N) is 4. The summed E-state index contributed by atoms with van der Waals surface area (Å²) < 4.78 is 5.48. The van der Waals surface area contributed by atoms with E-state index in [-0.39, 0.29) is 36.4 Å². The second-order valence-electron chi connectivity index (χ2n) is 7.85. The van der Waals surface area contributed by atoms with E-state index in [0.29, 0.717) is 5.92 Å². The van der Waals surface area contributed by atoms with Crippen molar-refractivity contribution in [3.8, 4) is 0 Å². The van der Waals surface area contributed by atoms with Gasteiger partial charge in [0.05, 0.1) is 6.61 Å². The van der Waals surface area contributed by atoms with Crippen LogP contribution in [-0.4, -0.2) is 88.2 Å².